The van der Waals surface area contributed by atoms with Gasteiger partial charge in [0, 0.05) is 1.37 Å². The van der Waals surface area contributed by atoms with Crippen LogP contribution in [0.25, 0.3) is 22.3 Å². The summed E-state index contributed by atoms with van der Waals surface area (Å²) in [5.41, 5.74) is 24.0. The Bertz CT molecular complexity index is 4540. The Morgan fingerprint density at radius 2 is 0.616 bits per heavy atom. The van der Waals surface area contributed by atoms with E-state index in [9.17, 15) is 13.2 Å². The van der Waals surface area contributed by atoms with E-state index in [-0.39, 0.29) is 94.6 Å². The van der Waals surface area contributed by atoms with Crippen molar-refractivity contribution in [1.29, 1.82) is 0 Å². The molecule has 8 rings (SSSR count). The summed E-state index contributed by atoms with van der Waals surface area (Å²) in [4.78, 5) is 0. The maximum atomic E-state index is 12.8. The molecule has 0 fully saturated rings. The molecule has 0 saturated carbocycles. The van der Waals surface area contributed by atoms with Gasteiger partial charge in [0.05, 0.1) is 11.0 Å². The van der Waals surface area contributed by atoms with Crippen LogP contribution in [0.5, 0.6) is 0 Å². The molecule has 0 N–H and O–H groups in total. The molecule has 8 aromatic rings. The van der Waals surface area contributed by atoms with Gasteiger partial charge in [-0.3, -0.25) is 0 Å². The predicted octanol–water partition coefficient (Wildman–Crippen LogP) is 34.1. The molecule has 0 radical (unpaired) electrons. The monoisotopic (exact) mass is 1530 g/mol. The van der Waals surface area contributed by atoms with Crippen molar-refractivity contribution < 1.29 is 20.0 Å². The average Bonchev–Trinajstić information content (AvgIpc) is 0.752. The van der Waals surface area contributed by atoms with Crippen molar-refractivity contribution in [3.8, 4) is 22.3 Å². The Labute approximate surface area is 696 Å². The van der Waals surface area contributed by atoms with E-state index in [1.165, 1.54) is 72.8 Å². The average molecular weight is 1540 g/mol. The van der Waals surface area contributed by atoms with Crippen molar-refractivity contribution in [1.82, 2.24) is 0 Å². The Morgan fingerprint density at radius 1 is 0.277 bits per heavy atom. The zero-order valence-electron chi connectivity index (χ0n) is 84.9. The Balaban J connectivity index is 0.000000366. The molecule has 0 aliphatic heterocycles. The number of rotatable bonds is 3. The lowest BCUT2D eigenvalue weighted by atomic mass is 9.66. The third-order valence-corrected chi connectivity index (χ3v) is 20.9. The van der Waals surface area contributed by atoms with Crippen LogP contribution < -0.4 is 0 Å². The fourth-order valence-electron chi connectivity index (χ4n) is 14.5. The summed E-state index contributed by atoms with van der Waals surface area (Å²) in [6.07, 6.45) is -4.27. The van der Waals surface area contributed by atoms with E-state index in [0.717, 1.165) is 22.8 Å². The topological polar surface area (TPSA) is 0 Å². The van der Waals surface area contributed by atoms with Crippen LogP contribution in [0.4, 0.5) is 13.2 Å². The first-order valence-corrected chi connectivity index (χ1v) is 41.4. The molecular weight excluding hydrogens is 1370 g/mol. The molecule has 620 valence electrons. The summed E-state index contributed by atoms with van der Waals surface area (Å²) in [5.74, 6) is -0.552. The van der Waals surface area contributed by atoms with E-state index in [1.807, 2.05) is 19.1 Å². The number of halogens is 3. The standard InChI is InChI=1S/C22H38.C21H28.C20H26.C18H30.C16H26.C12H15F3/c1-19(2,3)15-13-16(20(4,5)6)18(22(10,11)12)17(14-15)21(7,8)9;1-15-10-8-11-16(14-15)17-12-9-13-18(20(2,3)4)19(17)21(5,6)7;1-19(2,3)17-14-10-13-16(18(17)20(4,5)6)15-11-8-7-9-12-15;1-16(2,3)13-10-11-14(17(4,5)6)15(12-13)18(7,8)9;1-12(15(2,3)4)13-8-10-14(11-9-13)16(5,6)7;1-8-6-5-7-9(12(13,14)15)10(8)11(2,3)4/h13-14H,1-12H3;8-14H,1-7H3;7-14H,1-6H3;10-12H,1-9H3;8-12H,1-7H3;5-7H,1-4H3/i;8D,10D,11D,14D;;;12D;. The third kappa shape index (κ3) is 28.8. The highest BCUT2D eigenvalue weighted by atomic mass is 19.4. The van der Waals surface area contributed by atoms with Gasteiger partial charge in [-0.05, 0) is 207 Å². The van der Waals surface area contributed by atoms with Gasteiger partial charge in [0.25, 0.3) is 0 Å². The molecule has 1 unspecified atom stereocenters. The molecule has 0 aromatic heterocycles. The van der Waals surface area contributed by atoms with Crippen molar-refractivity contribution >= 4 is 0 Å². The van der Waals surface area contributed by atoms with Gasteiger partial charge in [0.2, 0.25) is 0 Å². The first-order chi connectivity index (χ1) is 51.9. The quantitative estimate of drug-likeness (QED) is 0.165. The van der Waals surface area contributed by atoms with E-state index in [0.29, 0.717) is 22.3 Å². The van der Waals surface area contributed by atoms with Crippen molar-refractivity contribution in [2.75, 3.05) is 0 Å². The van der Waals surface area contributed by atoms with E-state index in [2.05, 4.69) is 379 Å². The number of benzene rings is 8. The second kappa shape index (κ2) is 36.0. The van der Waals surface area contributed by atoms with Crippen molar-refractivity contribution in [2.45, 2.75) is 394 Å². The van der Waals surface area contributed by atoms with Gasteiger partial charge >= 0.3 is 6.18 Å². The van der Waals surface area contributed by atoms with Gasteiger partial charge < -0.3 is 0 Å². The molecule has 0 aliphatic rings. The van der Waals surface area contributed by atoms with Crippen LogP contribution in [0.15, 0.2) is 164 Å². The fourth-order valence-corrected chi connectivity index (χ4v) is 14.5. The Morgan fingerprint density at radius 3 is 0.946 bits per heavy atom. The normalized spacial score (nSPS) is 14.4. The van der Waals surface area contributed by atoms with Gasteiger partial charge in [-0.1, -0.05) is 461 Å². The molecule has 0 amide bonds. The highest BCUT2D eigenvalue weighted by Crippen LogP contribution is 2.47. The van der Waals surface area contributed by atoms with Gasteiger partial charge in [-0.25, -0.2) is 0 Å². The molecule has 0 aliphatic carbocycles. The van der Waals surface area contributed by atoms with Crippen LogP contribution in [-0.2, 0) is 76.6 Å². The molecule has 8 aromatic carbocycles. The fraction of sp³-hybridized carbons (Fsp3) is 0.560. The first-order valence-electron chi connectivity index (χ1n) is 43.9. The van der Waals surface area contributed by atoms with Crippen LogP contribution in [0.2, 0.25) is 0 Å². The maximum absolute atomic E-state index is 12.8. The highest BCUT2D eigenvalue weighted by molar-refractivity contribution is 5.72. The zero-order chi connectivity index (χ0) is 91.7. The highest BCUT2D eigenvalue weighted by Gasteiger charge is 2.38. The summed E-state index contributed by atoms with van der Waals surface area (Å²) < 4.78 is 79.8. The van der Waals surface area contributed by atoms with Crippen LogP contribution in [-0.4, -0.2) is 0 Å². The minimum absolute atomic E-state index is 0.0250. The molecule has 0 nitrogen and oxygen atoms in total. The van der Waals surface area contributed by atoms with Crippen molar-refractivity contribution in [2.24, 2.45) is 5.41 Å². The number of aryl methyl sites for hydroxylation is 1. The van der Waals surface area contributed by atoms with Crippen LogP contribution in [0.1, 0.15) is 405 Å². The lowest BCUT2D eigenvalue weighted by Gasteiger charge is -2.38. The minimum atomic E-state index is -4.27. The molecule has 0 saturated heterocycles. The van der Waals surface area contributed by atoms with Crippen molar-refractivity contribution in [3.63, 3.8) is 0 Å². The second-order valence-electron chi connectivity index (χ2n) is 46.2. The summed E-state index contributed by atoms with van der Waals surface area (Å²) in [5, 5.41) is 0. The van der Waals surface area contributed by atoms with Crippen LogP contribution >= 0.6 is 0 Å². The lowest BCUT2D eigenvalue weighted by Crippen LogP contribution is -2.29. The van der Waals surface area contributed by atoms with Gasteiger partial charge in [-0.15, -0.1) is 0 Å². The Hall–Kier alpha value is -6.45. The lowest BCUT2D eigenvalue weighted by molar-refractivity contribution is -0.138. The molecule has 3 heteroatoms. The molecule has 0 bridgehead atoms. The number of hydrogen-bond donors (Lipinski definition) is 0. The smallest absolute Gasteiger partial charge is 0.166 e. The van der Waals surface area contributed by atoms with E-state index < -0.39 is 23.0 Å². The van der Waals surface area contributed by atoms with E-state index in [1.54, 1.807) is 46.2 Å². The van der Waals surface area contributed by atoms with Gasteiger partial charge in [0.1, 0.15) is 0 Å². The largest absolute Gasteiger partial charge is 0.416 e. The van der Waals surface area contributed by atoms with Gasteiger partial charge in [0.15, 0.2) is 0 Å². The number of hydrogen-bond acceptors (Lipinski definition) is 0. The zero-order valence-corrected chi connectivity index (χ0v) is 79.9. The van der Waals surface area contributed by atoms with Crippen LogP contribution in [0, 0.1) is 19.3 Å². The minimum Gasteiger partial charge on any atom is -0.166 e. The van der Waals surface area contributed by atoms with E-state index in [4.69, 9.17) is 6.85 Å². The Kier molecular flexibility index (Phi) is 29.2. The van der Waals surface area contributed by atoms with Crippen LogP contribution in [0.3, 0.4) is 0 Å². The molecule has 1 atom stereocenters. The number of alkyl halides is 3. The molecule has 0 heterocycles. The maximum Gasteiger partial charge on any atom is 0.416 e. The van der Waals surface area contributed by atoms with E-state index >= 15 is 0 Å². The summed E-state index contributed by atoms with van der Waals surface area (Å²) in [6.45, 7) is 99.3. The first kappa shape index (κ1) is 91.1. The van der Waals surface area contributed by atoms with Crippen molar-refractivity contribution in [3.05, 3.63) is 258 Å². The SMILES string of the molecule is CC(C)(C)c1cc(C(C)(C)C)c(C(C)(C)C)c(C(C)(C)C)c1.CC(C)(C)c1ccc(C(C)(C)C)c(C(C)(C)C)c1.CC(C)(C)c1cccc(-c2ccccc2)c1C(C)(C)C.Cc1cccc(C(F)(F)F)c1C(C)(C)C.[2H]C(C)(c1ccc(C(C)(C)C)cc1)C(C)(C)C.[2H]c1c([2H])c(C)c([2H])c(-c2cccc(C(C)(C)C)c2C(C)(C)C)c1[2H]. The second-order valence-corrected chi connectivity index (χ2v) is 46.2. The summed E-state index contributed by atoms with van der Waals surface area (Å²) in [6, 6.07) is 48.4. The molecule has 0 spiro atoms. The predicted molar refractivity (Wildman–Crippen MR) is 495 cm³/mol. The van der Waals surface area contributed by atoms with Gasteiger partial charge in [-0.2, -0.15) is 13.2 Å². The molecule has 112 heavy (non-hydrogen) atoms. The third-order valence-electron chi connectivity index (χ3n) is 20.9. The summed E-state index contributed by atoms with van der Waals surface area (Å²) in [7, 11) is 0. The molecular formula is C109H163F3. The summed E-state index contributed by atoms with van der Waals surface area (Å²) >= 11 is 0.